The van der Waals surface area contributed by atoms with E-state index >= 15 is 0 Å². The van der Waals surface area contributed by atoms with Gasteiger partial charge >= 0.3 is 6.18 Å². The number of nitrogens with zero attached hydrogens (tertiary/aromatic N) is 1. The zero-order chi connectivity index (χ0) is 23.6. The monoisotopic (exact) mass is 472 g/mol. The summed E-state index contributed by atoms with van der Waals surface area (Å²) in [6.07, 6.45) is -1.68. The number of benzene rings is 2. The van der Waals surface area contributed by atoms with Gasteiger partial charge in [0.1, 0.15) is 11.9 Å². The molecule has 2 atom stereocenters. The van der Waals surface area contributed by atoms with Crippen molar-refractivity contribution in [2.75, 3.05) is 5.32 Å². The number of nitrogens with one attached hydrogen (secondary N) is 1. The molecule has 1 heterocycles. The van der Waals surface area contributed by atoms with E-state index in [1.807, 2.05) is 35.0 Å². The summed E-state index contributed by atoms with van der Waals surface area (Å²) in [5.41, 5.74) is 2.24. The third-order valence-corrected chi connectivity index (χ3v) is 6.82. The Labute approximate surface area is 192 Å². The Morgan fingerprint density at radius 2 is 1.85 bits per heavy atom. The molecule has 1 aromatic heterocycles. The van der Waals surface area contributed by atoms with Gasteiger partial charge in [-0.2, -0.15) is 29.8 Å². The van der Waals surface area contributed by atoms with Crippen LogP contribution in [0.25, 0.3) is 11.1 Å². The van der Waals surface area contributed by atoms with Crippen LogP contribution in [0.15, 0.2) is 53.2 Å². The van der Waals surface area contributed by atoms with Crippen molar-refractivity contribution in [1.82, 2.24) is 0 Å². The first-order chi connectivity index (χ1) is 15.8. The van der Waals surface area contributed by atoms with Crippen molar-refractivity contribution in [1.29, 1.82) is 5.26 Å². The van der Waals surface area contributed by atoms with E-state index in [0.29, 0.717) is 24.5 Å². The summed E-state index contributed by atoms with van der Waals surface area (Å²) in [4.78, 5) is 12.7. The molecule has 1 aliphatic rings. The van der Waals surface area contributed by atoms with Gasteiger partial charge in [-0.3, -0.25) is 4.79 Å². The minimum atomic E-state index is -4.64. The third kappa shape index (κ3) is 5.09. The number of hydrogen-bond acceptors (Lipinski definition) is 3. The highest BCUT2D eigenvalue weighted by molar-refractivity contribution is 7.08. The lowest BCUT2D eigenvalue weighted by Gasteiger charge is -2.29. The fourth-order valence-corrected chi connectivity index (χ4v) is 5.08. The number of thiophene rings is 1. The predicted octanol–water partition coefficient (Wildman–Crippen LogP) is 7.36. The summed E-state index contributed by atoms with van der Waals surface area (Å²) in [6, 6.07) is 12.3. The minimum absolute atomic E-state index is 0.152. The molecule has 4 rings (SSSR count). The molecule has 1 aliphatic carbocycles. The predicted molar refractivity (Wildman–Crippen MR) is 119 cm³/mol. The number of anilines is 1. The van der Waals surface area contributed by atoms with Gasteiger partial charge < -0.3 is 5.32 Å². The van der Waals surface area contributed by atoms with Crippen molar-refractivity contribution < 1.29 is 22.4 Å². The summed E-state index contributed by atoms with van der Waals surface area (Å²) < 4.78 is 52.3. The number of hydrogen-bond donors (Lipinski definition) is 1. The molecule has 1 saturated carbocycles. The molecular weight excluding hydrogens is 452 g/mol. The average molecular weight is 473 g/mol. The molecule has 2 aromatic carbocycles. The van der Waals surface area contributed by atoms with Crippen LogP contribution in [0.4, 0.5) is 23.2 Å². The van der Waals surface area contributed by atoms with Crippen molar-refractivity contribution in [3.63, 3.8) is 0 Å². The number of rotatable bonds is 4. The van der Waals surface area contributed by atoms with Gasteiger partial charge in [0.05, 0.1) is 16.8 Å². The lowest BCUT2D eigenvalue weighted by atomic mass is 9.77. The summed E-state index contributed by atoms with van der Waals surface area (Å²) in [5.74, 6) is -1.69. The first-order valence-corrected chi connectivity index (χ1v) is 11.4. The van der Waals surface area contributed by atoms with Crippen molar-refractivity contribution in [3.05, 3.63) is 75.7 Å². The Bertz CT molecular complexity index is 1190. The number of nitriles is 1. The molecule has 3 nitrogen and oxygen atoms in total. The minimum Gasteiger partial charge on any atom is -0.323 e. The van der Waals surface area contributed by atoms with Crippen LogP contribution in [0.2, 0.25) is 0 Å². The van der Waals surface area contributed by atoms with Crippen LogP contribution in [0, 0.1) is 23.1 Å². The maximum absolute atomic E-state index is 14.1. The molecule has 170 valence electrons. The Hall–Kier alpha value is -3.18. The Kier molecular flexibility index (Phi) is 6.52. The van der Waals surface area contributed by atoms with Gasteiger partial charge in [0.25, 0.3) is 0 Å². The molecule has 1 amide bonds. The van der Waals surface area contributed by atoms with Crippen LogP contribution >= 0.6 is 11.3 Å². The van der Waals surface area contributed by atoms with E-state index in [-0.39, 0.29) is 23.4 Å². The first kappa shape index (κ1) is 23.0. The average Bonchev–Trinajstić information content (AvgIpc) is 3.29. The number of carbonyl (C=O) groups is 1. The molecule has 33 heavy (non-hydrogen) atoms. The topological polar surface area (TPSA) is 52.9 Å². The van der Waals surface area contributed by atoms with Gasteiger partial charge in [-0.05, 0) is 59.9 Å². The number of alkyl halides is 3. The second-order valence-electron chi connectivity index (χ2n) is 8.18. The van der Waals surface area contributed by atoms with Crippen molar-refractivity contribution in [2.24, 2.45) is 5.92 Å². The molecule has 0 spiro atoms. The summed E-state index contributed by atoms with van der Waals surface area (Å²) >= 11 is 1.48. The Morgan fingerprint density at radius 3 is 2.52 bits per heavy atom. The quantitative estimate of drug-likeness (QED) is 0.404. The van der Waals surface area contributed by atoms with Crippen LogP contribution in [-0.2, 0) is 11.0 Å². The molecule has 2 unspecified atom stereocenters. The fourth-order valence-electron chi connectivity index (χ4n) is 4.30. The molecule has 0 radical (unpaired) electrons. The molecule has 1 fully saturated rings. The zero-order valence-corrected chi connectivity index (χ0v) is 18.3. The van der Waals surface area contributed by atoms with Crippen LogP contribution in [0.3, 0.4) is 0 Å². The van der Waals surface area contributed by atoms with Crippen molar-refractivity contribution >= 4 is 22.9 Å². The highest BCUT2D eigenvalue weighted by Crippen LogP contribution is 2.38. The van der Waals surface area contributed by atoms with E-state index in [9.17, 15) is 27.6 Å². The fraction of sp³-hybridized carbons (Fsp3) is 0.280. The maximum atomic E-state index is 14.1. The standard InChI is InChI=1S/C25H20F4N2OS/c26-22-11-20(25(27,28)29)8-9-23(22)31-24(32)18-3-1-2-17(10-18)15-4-6-16(7-5-15)21-14-33-13-19(21)12-30/h4-9,11,13-14,17-18H,1-3,10H2,(H,31,32). The molecule has 0 saturated heterocycles. The zero-order valence-electron chi connectivity index (χ0n) is 17.5. The number of carbonyl (C=O) groups excluding carboxylic acids is 1. The SMILES string of the molecule is N#Cc1cscc1-c1ccc(C2CCCC(C(=O)Nc3ccc(C(F)(F)F)cc3F)C2)cc1. The first-order valence-electron chi connectivity index (χ1n) is 10.5. The van der Waals surface area contributed by atoms with Gasteiger partial charge in [0, 0.05) is 16.9 Å². The summed E-state index contributed by atoms with van der Waals surface area (Å²) in [7, 11) is 0. The van der Waals surface area contributed by atoms with Crippen LogP contribution in [0.5, 0.6) is 0 Å². The second kappa shape index (κ2) is 9.36. The Balaban J connectivity index is 1.43. The third-order valence-electron chi connectivity index (χ3n) is 6.07. The molecular formula is C25H20F4N2OS. The molecule has 0 bridgehead atoms. The van der Waals surface area contributed by atoms with Gasteiger partial charge in [-0.15, -0.1) is 0 Å². The van der Waals surface area contributed by atoms with Crippen molar-refractivity contribution in [2.45, 2.75) is 37.8 Å². The maximum Gasteiger partial charge on any atom is 0.416 e. The normalized spacial score (nSPS) is 18.5. The summed E-state index contributed by atoms with van der Waals surface area (Å²) in [5, 5.41) is 15.4. The van der Waals surface area contributed by atoms with Crippen LogP contribution in [0.1, 0.15) is 48.3 Å². The van der Waals surface area contributed by atoms with E-state index in [0.717, 1.165) is 41.7 Å². The number of amides is 1. The lowest BCUT2D eigenvalue weighted by molar-refractivity contribution is -0.137. The van der Waals surface area contributed by atoms with E-state index < -0.39 is 17.6 Å². The molecule has 0 aliphatic heterocycles. The summed E-state index contributed by atoms with van der Waals surface area (Å²) in [6.45, 7) is 0. The largest absolute Gasteiger partial charge is 0.416 e. The smallest absolute Gasteiger partial charge is 0.323 e. The van der Waals surface area contributed by atoms with E-state index in [1.165, 1.54) is 11.3 Å². The van der Waals surface area contributed by atoms with E-state index in [4.69, 9.17) is 0 Å². The van der Waals surface area contributed by atoms with Gasteiger partial charge in [-0.1, -0.05) is 30.7 Å². The second-order valence-corrected chi connectivity index (χ2v) is 8.92. The van der Waals surface area contributed by atoms with Crippen LogP contribution in [-0.4, -0.2) is 5.91 Å². The molecule has 3 aromatic rings. The Morgan fingerprint density at radius 1 is 1.09 bits per heavy atom. The highest BCUT2D eigenvalue weighted by atomic mass is 32.1. The lowest BCUT2D eigenvalue weighted by Crippen LogP contribution is -2.28. The highest BCUT2D eigenvalue weighted by Gasteiger charge is 2.32. The van der Waals surface area contributed by atoms with Crippen molar-refractivity contribution in [3.8, 4) is 17.2 Å². The van der Waals surface area contributed by atoms with Gasteiger partial charge in [0.15, 0.2) is 0 Å². The van der Waals surface area contributed by atoms with Crippen LogP contribution < -0.4 is 5.32 Å². The van der Waals surface area contributed by atoms with Gasteiger partial charge in [0.2, 0.25) is 5.91 Å². The molecule has 8 heteroatoms. The van der Waals surface area contributed by atoms with Gasteiger partial charge in [-0.25, -0.2) is 4.39 Å². The molecule has 1 N–H and O–H groups in total. The van der Waals surface area contributed by atoms with E-state index in [2.05, 4.69) is 11.4 Å². The number of halogens is 4. The van der Waals surface area contributed by atoms with E-state index in [1.54, 1.807) is 0 Å².